The van der Waals surface area contributed by atoms with Crippen molar-refractivity contribution >= 4 is 17.4 Å². The molecule has 2 N–H and O–H groups in total. The zero-order valence-corrected chi connectivity index (χ0v) is 11.2. The van der Waals surface area contributed by atoms with E-state index in [0.29, 0.717) is 6.54 Å². The van der Waals surface area contributed by atoms with Crippen LogP contribution in [0.2, 0.25) is 0 Å². The van der Waals surface area contributed by atoms with Gasteiger partial charge in [-0.05, 0) is 42.0 Å². The molecule has 102 valence electrons. The molecule has 3 rings (SSSR count). The van der Waals surface area contributed by atoms with Crippen LogP contribution < -0.4 is 15.5 Å². The third-order valence-electron chi connectivity index (χ3n) is 3.48. The molecule has 0 bridgehead atoms. The molecule has 1 aliphatic heterocycles. The smallest absolute Gasteiger partial charge is 0.322 e. The first-order valence-electron chi connectivity index (χ1n) is 6.53. The number of urea groups is 1. The minimum atomic E-state index is -0.0657. The predicted octanol–water partition coefficient (Wildman–Crippen LogP) is 2.39. The molecule has 1 aromatic heterocycles. The first-order valence-corrected chi connectivity index (χ1v) is 6.53. The monoisotopic (exact) mass is 268 g/mol. The zero-order valence-electron chi connectivity index (χ0n) is 11.2. The molecule has 2 amide bonds. The molecule has 0 radical (unpaired) electrons. The number of nitrogens with zero attached hydrogens (tertiary/aromatic N) is 2. The van der Waals surface area contributed by atoms with Gasteiger partial charge in [0.25, 0.3) is 0 Å². The van der Waals surface area contributed by atoms with Gasteiger partial charge in [0.15, 0.2) is 0 Å². The van der Waals surface area contributed by atoms with Crippen molar-refractivity contribution in [3.8, 4) is 0 Å². The van der Waals surface area contributed by atoms with E-state index in [4.69, 9.17) is 0 Å². The van der Waals surface area contributed by atoms with E-state index in [1.54, 1.807) is 17.3 Å². The van der Waals surface area contributed by atoms with Gasteiger partial charge in [0, 0.05) is 30.8 Å². The van der Waals surface area contributed by atoms with Crippen molar-refractivity contribution in [2.45, 2.75) is 6.04 Å². The Morgan fingerprint density at radius 2 is 1.90 bits per heavy atom. The molecule has 1 saturated heterocycles. The van der Waals surface area contributed by atoms with Gasteiger partial charge in [0.2, 0.25) is 0 Å². The fraction of sp³-hybridized carbons (Fsp3) is 0.200. The van der Waals surface area contributed by atoms with Crippen molar-refractivity contribution in [3.63, 3.8) is 0 Å². The van der Waals surface area contributed by atoms with E-state index in [0.717, 1.165) is 16.9 Å². The molecule has 0 saturated carbocycles. The fourth-order valence-corrected chi connectivity index (χ4v) is 2.35. The third kappa shape index (κ3) is 2.30. The Kier molecular flexibility index (Phi) is 3.25. The lowest BCUT2D eigenvalue weighted by atomic mass is 10.1. The van der Waals surface area contributed by atoms with E-state index < -0.39 is 0 Å². The van der Waals surface area contributed by atoms with Crippen LogP contribution in [0, 0.1) is 0 Å². The number of hydrogen-bond acceptors (Lipinski definition) is 3. The van der Waals surface area contributed by atoms with E-state index in [1.807, 2.05) is 43.4 Å². The summed E-state index contributed by atoms with van der Waals surface area (Å²) in [5, 5.41) is 6.06. The van der Waals surface area contributed by atoms with Crippen LogP contribution in [0.15, 0.2) is 48.8 Å². The Bertz CT molecular complexity index is 597. The van der Waals surface area contributed by atoms with Crippen molar-refractivity contribution in [2.24, 2.45) is 0 Å². The van der Waals surface area contributed by atoms with Crippen molar-refractivity contribution in [3.05, 3.63) is 54.4 Å². The molecular weight excluding hydrogens is 252 g/mol. The number of carbonyl (C=O) groups is 1. The Hall–Kier alpha value is -2.56. The molecule has 20 heavy (non-hydrogen) atoms. The van der Waals surface area contributed by atoms with Gasteiger partial charge >= 0.3 is 6.03 Å². The second-order valence-electron chi connectivity index (χ2n) is 4.69. The largest absolute Gasteiger partial charge is 0.388 e. The van der Waals surface area contributed by atoms with E-state index in [-0.39, 0.29) is 12.1 Å². The molecule has 5 nitrogen and oxygen atoms in total. The number of pyridine rings is 1. The molecule has 1 aromatic carbocycles. The highest BCUT2D eigenvalue weighted by Gasteiger charge is 2.30. The first-order chi connectivity index (χ1) is 9.78. The molecule has 0 aliphatic carbocycles. The highest BCUT2D eigenvalue weighted by atomic mass is 16.2. The van der Waals surface area contributed by atoms with E-state index in [1.165, 1.54) is 0 Å². The third-order valence-corrected chi connectivity index (χ3v) is 3.48. The number of benzene rings is 1. The van der Waals surface area contributed by atoms with Crippen LogP contribution in [0.1, 0.15) is 11.6 Å². The second kappa shape index (κ2) is 5.21. The number of amides is 2. The van der Waals surface area contributed by atoms with E-state index >= 15 is 0 Å². The van der Waals surface area contributed by atoms with Gasteiger partial charge in [-0.15, -0.1) is 0 Å². The molecule has 2 aromatic rings. The zero-order chi connectivity index (χ0) is 13.9. The molecule has 5 heteroatoms. The lowest BCUT2D eigenvalue weighted by molar-refractivity contribution is 0.251. The molecule has 0 spiro atoms. The summed E-state index contributed by atoms with van der Waals surface area (Å²) in [7, 11) is 1.87. The summed E-state index contributed by atoms with van der Waals surface area (Å²) in [5.41, 5.74) is 3.00. The molecule has 1 fully saturated rings. The van der Waals surface area contributed by atoms with Crippen molar-refractivity contribution in [1.82, 2.24) is 10.3 Å². The van der Waals surface area contributed by atoms with Crippen LogP contribution in [0.4, 0.5) is 16.2 Å². The lowest BCUT2D eigenvalue weighted by Crippen LogP contribution is -2.27. The van der Waals surface area contributed by atoms with Crippen LogP contribution in [-0.4, -0.2) is 24.6 Å². The summed E-state index contributed by atoms with van der Waals surface area (Å²) < 4.78 is 0. The fourth-order valence-electron chi connectivity index (χ4n) is 2.35. The number of anilines is 2. The quantitative estimate of drug-likeness (QED) is 0.898. The van der Waals surface area contributed by atoms with Crippen LogP contribution in [0.25, 0.3) is 0 Å². The van der Waals surface area contributed by atoms with Crippen LogP contribution >= 0.6 is 0 Å². The maximum absolute atomic E-state index is 12.1. The number of carbonyl (C=O) groups excluding carboxylic acids is 1. The molecule has 1 atom stereocenters. The van der Waals surface area contributed by atoms with Crippen LogP contribution in [-0.2, 0) is 0 Å². The maximum atomic E-state index is 12.1. The van der Waals surface area contributed by atoms with Crippen molar-refractivity contribution < 1.29 is 4.79 Å². The summed E-state index contributed by atoms with van der Waals surface area (Å²) in [4.78, 5) is 17.8. The highest BCUT2D eigenvalue weighted by molar-refractivity contribution is 5.94. The number of hydrogen-bond donors (Lipinski definition) is 2. The van der Waals surface area contributed by atoms with Gasteiger partial charge in [0.05, 0.1) is 12.6 Å². The lowest BCUT2D eigenvalue weighted by Gasteiger charge is -2.15. The standard InChI is InChI=1S/C15H16N4O/c1-16-12-2-4-13(5-3-12)19-10-14(18-15(19)20)11-6-8-17-9-7-11/h2-9,14,16H,10H2,1H3,(H,18,20). The summed E-state index contributed by atoms with van der Waals surface area (Å²) >= 11 is 0. The molecule has 1 aliphatic rings. The van der Waals surface area contributed by atoms with Crippen LogP contribution in [0.5, 0.6) is 0 Å². The Morgan fingerprint density at radius 3 is 2.55 bits per heavy atom. The molecular formula is C15H16N4O. The van der Waals surface area contributed by atoms with Crippen LogP contribution in [0.3, 0.4) is 0 Å². The summed E-state index contributed by atoms with van der Waals surface area (Å²) in [6.45, 7) is 0.627. The number of aromatic nitrogens is 1. The van der Waals surface area contributed by atoms with Gasteiger partial charge in [-0.1, -0.05) is 0 Å². The molecule has 1 unspecified atom stereocenters. The molecule has 2 heterocycles. The van der Waals surface area contributed by atoms with Crippen molar-refractivity contribution in [2.75, 3.05) is 23.8 Å². The highest BCUT2D eigenvalue weighted by Crippen LogP contribution is 2.26. The van der Waals surface area contributed by atoms with Crippen molar-refractivity contribution in [1.29, 1.82) is 0 Å². The van der Waals surface area contributed by atoms with E-state index in [9.17, 15) is 4.79 Å². The predicted molar refractivity (Wildman–Crippen MR) is 78.8 cm³/mol. The van der Waals surface area contributed by atoms with Gasteiger partial charge in [-0.25, -0.2) is 4.79 Å². The number of nitrogens with one attached hydrogen (secondary N) is 2. The van der Waals surface area contributed by atoms with Gasteiger partial charge in [-0.2, -0.15) is 0 Å². The average molecular weight is 268 g/mol. The second-order valence-corrected chi connectivity index (χ2v) is 4.69. The van der Waals surface area contributed by atoms with Gasteiger partial charge in [0.1, 0.15) is 0 Å². The first kappa shape index (κ1) is 12.5. The average Bonchev–Trinajstić information content (AvgIpc) is 2.90. The van der Waals surface area contributed by atoms with Gasteiger partial charge in [-0.3, -0.25) is 9.88 Å². The Morgan fingerprint density at radius 1 is 1.20 bits per heavy atom. The minimum absolute atomic E-state index is 0.00877. The topological polar surface area (TPSA) is 57.3 Å². The maximum Gasteiger partial charge on any atom is 0.322 e. The van der Waals surface area contributed by atoms with Gasteiger partial charge < -0.3 is 10.6 Å². The number of rotatable bonds is 3. The SMILES string of the molecule is CNc1ccc(N2CC(c3ccncc3)NC2=O)cc1. The Balaban J connectivity index is 1.80. The summed E-state index contributed by atoms with van der Waals surface area (Å²) in [6.07, 6.45) is 3.48. The minimum Gasteiger partial charge on any atom is -0.388 e. The summed E-state index contributed by atoms with van der Waals surface area (Å²) in [5.74, 6) is 0. The normalized spacial score (nSPS) is 17.9. The van der Waals surface area contributed by atoms with E-state index in [2.05, 4.69) is 15.6 Å². The summed E-state index contributed by atoms with van der Waals surface area (Å²) in [6, 6.07) is 11.6. The Labute approximate surface area is 117 Å².